The van der Waals surface area contributed by atoms with Crippen molar-refractivity contribution >= 4 is 16.0 Å². The second-order valence-electron chi connectivity index (χ2n) is 4.49. The monoisotopic (exact) mass is 298 g/mol. The first-order valence-corrected chi connectivity index (χ1v) is 7.69. The van der Waals surface area contributed by atoms with Gasteiger partial charge in [0, 0.05) is 25.2 Å². The molecule has 0 aliphatic rings. The number of nitrogens with zero attached hydrogens (tertiary/aromatic N) is 1. The van der Waals surface area contributed by atoms with E-state index < -0.39 is 22.0 Å². The van der Waals surface area contributed by atoms with Gasteiger partial charge in [0.25, 0.3) is 0 Å². The molecule has 0 aliphatic carbocycles. The van der Waals surface area contributed by atoms with Crippen molar-refractivity contribution in [1.82, 2.24) is 9.29 Å². The summed E-state index contributed by atoms with van der Waals surface area (Å²) in [4.78, 5) is 11.0. The van der Waals surface area contributed by atoms with Crippen molar-refractivity contribution in [2.45, 2.75) is 44.2 Å². The highest BCUT2D eigenvalue weighted by molar-refractivity contribution is 7.89. The van der Waals surface area contributed by atoms with Crippen LogP contribution in [-0.4, -0.2) is 30.1 Å². The first-order valence-electron chi connectivity index (χ1n) is 6.21. The van der Waals surface area contributed by atoms with Gasteiger partial charge in [-0.05, 0) is 19.4 Å². The third kappa shape index (κ3) is 3.85. The second-order valence-corrected chi connectivity index (χ2v) is 6.20. The van der Waals surface area contributed by atoms with Gasteiger partial charge >= 0.3 is 5.97 Å². The summed E-state index contributed by atoms with van der Waals surface area (Å²) in [6.07, 6.45) is 7.43. The van der Waals surface area contributed by atoms with Crippen molar-refractivity contribution in [2.75, 3.05) is 0 Å². The summed E-state index contributed by atoms with van der Waals surface area (Å²) in [6.45, 7) is 3.97. The highest BCUT2D eigenvalue weighted by atomic mass is 32.2. The smallest absolute Gasteiger partial charge is 0.352 e. The van der Waals surface area contributed by atoms with Crippen molar-refractivity contribution in [3.05, 3.63) is 18.0 Å². The number of carbonyl (C=O) groups is 1. The SMILES string of the molecule is C#CCC(C)NS(=O)(=O)c1cc(C(=O)O)n(CCC)c1. The largest absolute Gasteiger partial charge is 0.477 e. The number of nitrogens with one attached hydrogen (secondary N) is 1. The molecule has 7 heteroatoms. The van der Waals surface area contributed by atoms with E-state index in [0.29, 0.717) is 13.0 Å². The average Bonchev–Trinajstić information content (AvgIpc) is 2.74. The summed E-state index contributed by atoms with van der Waals surface area (Å²) in [5.41, 5.74) is -0.0446. The molecular formula is C13H18N2O4S. The molecule has 0 saturated carbocycles. The zero-order valence-corrected chi connectivity index (χ0v) is 12.3. The van der Waals surface area contributed by atoms with Gasteiger partial charge in [0.05, 0.1) is 0 Å². The van der Waals surface area contributed by atoms with Crippen molar-refractivity contribution in [3.8, 4) is 12.3 Å². The van der Waals surface area contributed by atoms with Gasteiger partial charge in [0.1, 0.15) is 10.6 Å². The Balaban J connectivity index is 3.10. The number of hydrogen-bond acceptors (Lipinski definition) is 3. The van der Waals surface area contributed by atoms with Crippen LogP contribution in [0.4, 0.5) is 0 Å². The number of carboxylic acid groups (broad SMARTS) is 1. The minimum atomic E-state index is -3.76. The number of aromatic carboxylic acids is 1. The Hall–Kier alpha value is -1.78. The van der Waals surface area contributed by atoms with Gasteiger partial charge in [-0.2, -0.15) is 0 Å². The maximum Gasteiger partial charge on any atom is 0.352 e. The summed E-state index contributed by atoms with van der Waals surface area (Å²) in [7, 11) is -3.76. The third-order valence-electron chi connectivity index (χ3n) is 2.65. The van der Waals surface area contributed by atoms with Crippen LogP contribution in [0.5, 0.6) is 0 Å². The Morgan fingerprint density at radius 3 is 2.75 bits per heavy atom. The zero-order chi connectivity index (χ0) is 15.3. The van der Waals surface area contributed by atoms with Crippen molar-refractivity contribution in [3.63, 3.8) is 0 Å². The van der Waals surface area contributed by atoms with E-state index >= 15 is 0 Å². The van der Waals surface area contributed by atoms with Crippen LogP contribution in [0.3, 0.4) is 0 Å². The van der Waals surface area contributed by atoms with Crippen LogP contribution in [0.15, 0.2) is 17.2 Å². The quantitative estimate of drug-likeness (QED) is 0.742. The lowest BCUT2D eigenvalue weighted by Gasteiger charge is -2.10. The predicted molar refractivity (Wildman–Crippen MR) is 74.9 cm³/mol. The van der Waals surface area contributed by atoms with Gasteiger partial charge in [-0.3, -0.25) is 0 Å². The second kappa shape index (κ2) is 6.59. The fourth-order valence-corrected chi connectivity index (χ4v) is 3.07. The lowest BCUT2D eigenvalue weighted by molar-refractivity contribution is 0.0685. The van der Waals surface area contributed by atoms with Gasteiger partial charge in [-0.15, -0.1) is 12.3 Å². The Kier molecular flexibility index (Phi) is 5.36. The number of hydrogen-bond donors (Lipinski definition) is 2. The summed E-state index contributed by atoms with van der Waals surface area (Å²) in [6, 6.07) is 0.746. The Morgan fingerprint density at radius 1 is 1.60 bits per heavy atom. The Labute approximate surface area is 118 Å². The fraction of sp³-hybridized carbons (Fsp3) is 0.462. The topological polar surface area (TPSA) is 88.4 Å². The molecule has 1 aromatic rings. The number of carboxylic acids is 1. The first kappa shape index (κ1) is 16.3. The standard InChI is InChI=1S/C13H18N2O4S/c1-4-6-10(3)14-20(18,19)11-8-12(13(16)17)15(9-11)7-5-2/h1,8-10,14H,5-7H2,2-3H3,(H,16,17). The minimum Gasteiger partial charge on any atom is -0.477 e. The molecule has 0 aliphatic heterocycles. The first-order chi connectivity index (χ1) is 9.31. The summed E-state index contributed by atoms with van der Waals surface area (Å²) in [5, 5.41) is 9.07. The maximum atomic E-state index is 12.1. The molecule has 2 N–H and O–H groups in total. The van der Waals surface area contributed by atoms with E-state index in [4.69, 9.17) is 11.5 Å². The van der Waals surface area contributed by atoms with E-state index in [1.807, 2.05) is 6.92 Å². The van der Waals surface area contributed by atoms with Crippen LogP contribution in [0.1, 0.15) is 37.2 Å². The summed E-state index contributed by atoms with van der Waals surface area (Å²) < 4.78 is 28.1. The van der Waals surface area contributed by atoms with Gasteiger partial charge in [0.15, 0.2) is 0 Å². The van der Waals surface area contributed by atoms with Crippen LogP contribution in [0, 0.1) is 12.3 Å². The number of sulfonamides is 1. The van der Waals surface area contributed by atoms with Gasteiger partial charge in [-0.1, -0.05) is 6.92 Å². The van der Waals surface area contributed by atoms with E-state index in [2.05, 4.69) is 10.6 Å². The molecule has 1 atom stereocenters. The molecule has 1 unspecified atom stereocenters. The van der Waals surface area contributed by atoms with E-state index in [1.54, 1.807) is 6.92 Å². The predicted octanol–water partition coefficient (Wildman–Crippen LogP) is 1.29. The lowest BCUT2D eigenvalue weighted by Crippen LogP contribution is -2.32. The average molecular weight is 298 g/mol. The molecule has 110 valence electrons. The molecular weight excluding hydrogens is 280 g/mol. The molecule has 0 amide bonds. The number of terminal acetylenes is 1. The highest BCUT2D eigenvalue weighted by Crippen LogP contribution is 2.16. The Bertz CT molecular complexity index is 625. The fourth-order valence-electron chi connectivity index (χ4n) is 1.79. The van der Waals surface area contributed by atoms with Crippen molar-refractivity contribution < 1.29 is 18.3 Å². The number of aryl methyl sites for hydroxylation is 1. The van der Waals surface area contributed by atoms with Crippen LogP contribution in [0.25, 0.3) is 0 Å². The number of rotatable bonds is 7. The maximum absolute atomic E-state index is 12.1. The van der Waals surface area contributed by atoms with Crippen LogP contribution < -0.4 is 4.72 Å². The normalized spacial score (nSPS) is 12.8. The van der Waals surface area contributed by atoms with E-state index in [0.717, 1.165) is 6.07 Å². The molecule has 0 radical (unpaired) electrons. The molecule has 0 aromatic carbocycles. The van der Waals surface area contributed by atoms with Gasteiger partial charge in [-0.25, -0.2) is 17.9 Å². The lowest BCUT2D eigenvalue weighted by atomic mass is 10.3. The van der Waals surface area contributed by atoms with Gasteiger partial charge in [0.2, 0.25) is 10.0 Å². The molecule has 0 bridgehead atoms. The summed E-state index contributed by atoms with van der Waals surface area (Å²) >= 11 is 0. The van der Waals surface area contributed by atoms with Crippen LogP contribution in [-0.2, 0) is 16.6 Å². The molecule has 0 saturated heterocycles. The van der Waals surface area contributed by atoms with E-state index in [1.165, 1.54) is 10.8 Å². The van der Waals surface area contributed by atoms with Crippen molar-refractivity contribution in [1.29, 1.82) is 0 Å². The summed E-state index contributed by atoms with van der Waals surface area (Å²) in [5.74, 6) is 1.21. The molecule has 20 heavy (non-hydrogen) atoms. The molecule has 6 nitrogen and oxygen atoms in total. The molecule has 1 heterocycles. The zero-order valence-electron chi connectivity index (χ0n) is 11.5. The number of aromatic nitrogens is 1. The minimum absolute atomic E-state index is 0.0446. The van der Waals surface area contributed by atoms with Gasteiger partial charge < -0.3 is 9.67 Å². The van der Waals surface area contributed by atoms with Crippen LogP contribution in [0.2, 0.25) is 0 Å². The van der Waals surface area contributed by atoms with E-state index in [9.17, 15) is 13.2 Å². The van der Waals surface area contributed by atoms with Crippen molar-refractivity contribution in [2.24, 2.45) is 0 Å². The molecule has 0 fully saturated rings. The Morgan fingerprint density at radius 2 is 2.25 bits per heavy atom. The third-order valence-corrected chi connectivity index (χ3v) is 4.20. The highest BCUT2D eigenvalue weighted by Gasteiger charge is 2.22. The molecule has 1 rings (SSSR count). The molecule has 0 spiro atoms. The van der Waals surface area contributed by atoms with Crippen LogP contribution >= 0.6 is 0 Å². The molecule has 1 aromatic heterocycles. The van der Waals surface area contributed by atoms with E-state index in [-0.39, 0.29) is 17.0 Å².